The maximum Gasteiger partial charge on any atom is 0.0367 e. The average Bonchev–Trinajstić information content (AvgIpc) is 2.67. The lowest BCUT2D eigenvalue weighted by atomic mass is 10.1. The highest BCUT2D eigenvalue weighted by Gasteiger charge is 2.16. The van der Waals surface area contributed by atoms with Gasteiger partial charge in [-0.2, -0.15) is 0 Å². The first kappa shape index (κ1) is 17.6. The molecule has 0 bridgehead atoms. The fourth-order valence-electron chi connectivity index (χ4n) is 3.27. The molecule has 2 aromatic carbocycles. The third kappa shape index (κ3) is 5.10. The summed E-state index contributed by atoms with van der Waals surface area (Å²) < 4.78 is 0. The van der Waals surface area contributed by atoms with Gasteiger partial charge in [-0.3, -0.25) is 4.90 Å². The van der Waals surface area contributed by atoms with Gasteiger partial charge in [0.15, 0.2) is 0 Å². The minimum Gasteiger partial charge on any atom is -0.385 e. The normalized spacial score (nSPS) is 15.2. The van der Waals surface area contributed by atoms with E-state index in [4.69, 9.17) is 0 Å². The van der Waals surface area contributed by atoms with E-state index < -0.39 is 0 Å². The predicted molar refractivity (Wildman–Crippen MR) is 108 cm³/mol. The summed E-state index contributed by atoms with van der Waals surface area (Å²) >= 11 is 0. The van der Waals surface area contributed by atoms with Crippen LogP contribution in [0.25, 0.3) is 5.70 Å². The van der Waals surface area contributed by atoms with Crippen LogP contribution in [0.5, 0.6) is 0 Å². The molecule has 1 saturated heterocycles. The van der Waals surface area contributed by atoms with Gasteiger partial charge in [0.2, 0.25) is 0 Å². The van der Waals surface area contributed by atoms with Crippen molar-refractivity contribution in [1.29, 1.82) is 0 Å². The molecule has 1 heterocycles. The monoisotopic (exact) mass is 335 g/mol. The number of piperazine rings is 1. The zero-order valence-electron chi connectivity index (χ0n) is 15.2. The average molecular weight is 335 g/mol. The highest BCUT2D eigenvalue weighted by atomic mass is 15.3. The molecule has 1 aliphatic heterocycles. The lowest BCUT2D eigenvalue weighted by Gasteiger charge is -2.36. The van der Waals surface area contributed by atoms with Crippen LogP contribution in [0.4, 0.5) is 5.69 Å². The molecule has 3 rings (SSSR count). The van der Waals surface area contributed by atoms with E-state index in [2.05, 4.69) is 83.2 Å². The van der Waals surface area contributed by atoms with Crippen LogP contribution >= 0.6 is 0 Å². The summed E-state index contributed by atoms with van der Waals surface area (Å²) in [5.74, 6) is 0. The Hall–Kier alpha value is -2.26. The summed E-state index contributed by atoms with van der Waals surface area (Å²) in [5.41, 5.74) is 4.83. The van der Waals surface area contributed by atoms with E-state index in [0.717, 1.165) is 51.4 Å². The Balaban J connectivity index is 1.34. The number of nitrogens with one attached hydrogen (secondary N) is 1. The van der Waals surface area contributed by atoms with Crippen molar-refractivity contribution in [3.05, 3.63) is 72.3 Å². The van der Waals surface area contributed by atoms with E-state index in [1.165, 1.54) is 16.8 Å². The maximum absolute atomic E-state index is 4.15. The summed E-state index contributed by atoms with van der Waals surface area (Å²) in [7, 11) is 0. The Morgan fingerprint density at radius 2 is 1.64 bits per heavy atom. The molecule has 3 heteroatoms. The summed E-state index contributed by atoms with van der Waals surface area (Å²) in [6.07, 6.45) is 1.15. The second-order valence-electron chi connectivity index (χ2n) is 6.79. The van der Waals surface area contributed by atoms with Crippen molar-refractivity contribution >= 4 is 11.4 Å². The van der Waals surface area contributed by atoms with E-state index >= 15 is 0 Å². The lowest BCUT2D eigenvalue weighted by molar-refractivity contribution is 0.255. The predicted octanol–water partition coefficient (Wildman–Crippen LogP) is 3.77. The molecule has 0 spiro atoms. The molecule has 0 aromatic heterocycles. The highest BCUT2D eigenvalue weighted by Crippen LogP contribution is 2.15. The number of nitrogens with zero attached hydrogens (tertiary/aromatic N) is 2. The van der Waals surface area contributed by atoms with Crippen molar-refractivity contribution in [2.24, 2.45) is 0 Å². The summed E-state index contributed by atoms with van der Waals surface area (Å²) in [6.45, 7) is 12.9. The van der Waals surface area contributed by atoms with Gasteiger partial charge in [0, 0.05) is 44.1 Å². The molecule has 0 aliphatic carbocycles. The Morgan fingerprint density at radius 1 is 0.960 bits per heavy atom. The van der Waals surface area contributed by atoms with Crippen molar-refractivity contribution in [3.8, 4) is 0 Å². The van der Waals surface area contributed by atoms with Crippen molar-refractivity contribution < 1.29 is 0 Å². The van der Waals surface area contributed by atoms with Crippen LogP contribution in [0, 0.1) is 6.92 Å². The van der Waals surface area contributed by atoms with Gasteiger partial charge in [0.25, 0.3) is 0 Å². The Kier molecular flexibility index (Phi) is 6.13. The van der Waals surface area contributed by atoms with Crippen molar-refractivity contribution in [2.45, 2.75) is 13.3 Å². The van der Waals surface area contributed by atoms with Gasteiger partial charge in [-0.1, -0.05) is 54.6 Å². The van der Waals surface area contributed by atoms with E-state index in [1.54, 1.807) is 0 Å². The second-order valence-corrected chi connectivity index (χ2v) is 6.79. The Labute approximate surface area is 152 Å². The van der Waals surface area contributed by atoms with E-state index in [1.807, 2.05) is 0 Å². The summed E-state index contributed by atoms with van der Waals surface area (Å²) in [4.78, 5) is 5.05. The molecule has 25 heavy (non-hydrogen) atoms. The molecule has 1 N–H and O–H groups in total. The van der Waals surface area contributed by atoms with Gasteiger partial charge in [-0.15, -0.1) is 0 Å². The Morgan fingerprint density at radius 3 is 2.32 bits per heavy atom. The zero-order valence-corrected chi connectivity index (χ0v) is 15.2. The van der Waals surface area contributed by atoms with Crippen LogP contribution in [0.1, 0.15) is 17.5 Å². The Bertz CT molecular complexity index is 655. The molecule has 0 saturated carbocycles. The van der Waals surface area contributed by atoms with Crippen molar-refractivity contribution in [1.82, 2.24) is 10.2 Å². The van der Waals surface area contributed by atoms with Crippen LogP contribution in [-0.2, 0) is 0 Å². The third-order valence-corrected chi connectivity index (χ3v) is 4.88. The molecule has 132 valence electrons. The summed E-state index contributed by atoms with van der Waals surface area (Å²) in [6, 6.07) is 19.3. The van der Waals surface area contributed by atoms with Gasteiger partial charge < -0.3 is 10.2 Å². The molecule has 3 nitrogen and oxygen atoms in total. The van der Waals surface area contributed by atoms with Crippen molar-refractivity contribution in [2.75, 3.05) is 44.2 Å². The molecule has 0 radical (unpaired) electrons. The molecule has 0 amide bonds. The van der Waals surface area contributed by atoms with Crippen LogP contribution < -0.4 is 10.2 Å². The molecule has 1 aliphatic rings. The van der Waals surface area contributed by atoms with Crippen LogP contribution in [0.2, 0.25) is 0 Å². The molecular formula is C22H29N3. The SMILES string of the molecule is C=C(NCCCN1CCN(c2ccccc2)CC1)c1ccc(C)cc1. The van der Waals surface area contributed by atoms with Crippen LogP contribution in [0.3, 0.4) is 0 Å². The van der Waals surface area contributed by atoms with Crippen LogP contribution in [-0.4, -0.2) is 44.2 Å². The molecule has 0 unspecified atom stereocenters. The topological polar surface area (TPSA) is 18.5 Å². The van der Waals surface area contributed by atoms with Gasteiger partial charge in [0.1, 0.15) is 0 Å². The standard InChI is InChI=1S/C22H29N3/c1-19-9-11-21(12-10-19)20(2)23-13-6-14-24-15-17-25(18-16-24)22-7-4-3-5-8-22/h3-5,7-12,23H,2,6,13-18H2,1H3. The number of aryl methyl sites for hydroxylation is 1. The number of hydrogen-bond donors (Lipinski definition) is 1. The van der Waals surface area contributed by atoms with Gasteiger partial charge in [0.05, 0.1) is 0 Å². The van der Waals surface area contributed by atoms with Crippen molar-refractivity contribution in [3.63, 3.8) is 0 Å². The number of anilines is 1. The van der Waals surface area contributed by atoms with Gasteiger partial charge in [-0.05, 0) is 37.6 Å². The largest absolute Gasteiger partial charge is 0.385 e. The van der Waals surface area contributed by atoms with Crippen LogP contribution in [0.15, 0.2) is 61.2 Å². The highest BCUT2D eigenvalue weighted by molar-refractivity contribution is 5.61. The fourth-order valence-corrected chi connectivity index (χ4v) is 3.27. The third-order valence-electron chi connectivity index (χ3n) is 4.88. The quantitative estimate of drug-likeness (QED) is 0.777. The van der Waals surface area contributed by atoms with Gasteiger partial charge >= 0.3 is 0 Å². The lowest BCUT2D eigenvalue weighted by Crippen LogP contribution is -2.46. The minimum atomic E-state index is 0.978. The minimum absolute atomic E-state index is 0.978. The zero-order chi connectivity index (χ0) is 17.5. The first-order valence-corrected chi connectivity index (χ1v) is 9.24. The molecule has 1 fully saturated rings. The smallest absolute Gasteiger partial charge is 0.0367 e. The second kappa shape index (κ2) is 8.72. The number of para-hydroxylation sites is 1. The first-order valence-electron chi connectivity index (χ1n) is 9.24. The number of hydrogen-bond acceptors (Lipinski definition) is 3. The molecule has 0 atom stereocenters. The number of benzene rings is 2. The van der Waals surface area contributed by atoms with E-state index in [-0.39, 0.29) is 0 Å². The maximum atomic E-state index is 4.15. The summed E-state index contributed by atoms with van der Waals surface area (Å²) in [5, 5.41) is 3.46. The number of rotatable bonds is 7. The first-order chi connectivity index (χ1) is 12.2. The van der Waals surface area contributed by atoms with E-state index in [9.17, 15) is 0 Å². The molecule has 2 aromatic rings. The fraction of sp³-hybridized carbons (Fsp3) is 0.364. The molecular weight excluding hydrogens is 306 g/mol. The van der Waals surface area contributed by atoms with Gasteiger partial charge in [-0.25, -0.2) is 0 Å². The van der Waals surface area contributed by atoms with E-state index in [0.29, 0.717) is 0 Å².